The third-order valence-electron chi connectivity index (χ3n) is 2.95. The Bertz CT molecular complexity index is 677. The van der Waals surface area contributed by atoms with Crippen LogP contribution in [0.25, 0.3) is 16.8 Å². The Morgan fingerprint density at radius 2 is 1.95 bits per heavy atom. The van der Waals surface area contributed by atoms with E-state index in [0.29, 0.717) is 0 Å². The number of para-hydroxylation sites is 1. The van der Waals surface area contributed by atoms with E-state index in [0.717, 1.165) is 22.6 Å². The Kier molecular flexibility index (Phi) is 2.98. The van der Waals surface area contributed by atoms with Gasteiger partial charge in [-0.25, -0.2) is 4.68 Å². The van der Waals surface area contributed by atoms with E-state index in [1.165, 1.54) is 0 Å². The van der Waals surface area contributed by atoms with Crippen LogP contribution in [0.1, 0.15) is 0 Å². The zero-order valence-corrected chi connectivity index (χ0v) is 10.5. The van der Waals surface area contributed by atoms with Crippen LogP contribution >= 0.6 is 0 Å². The minimum Gasteiger partial charge on any atom is -0.497 e. The van der Waals surface area contributed by atoms with Gasteiger partial charge < -0.3 is 4.74 Å². The monoisotopic (exact) mass is 251 g/mol. The topological polar surface area (TPSA) is 39.9 Å². The van der Waals surface area contributed by atoms with Crippen LogP contribution < -0.4 is 4.74 Å². The molecule has 0 unspecified atom stereocenters. The van der Waals surface area contributed by atoms with Gasteiger partial charge in [0.05, 0.1) is 25.2 Å². The zero-order valence-electron chi connectivity index (χ0n) is 10.5. The molecule has 0 atom stereocenters. The van der Waals surface area contributed by atoms with Gasteiger partial charge in [-0.3, -0.25) is 0 Å². The summed E-state index contributed by atoms with van der Waals surface area (Å²) in [5, 5.41) is 7.91. The number of methoxy groups -OCH3 is 1. The molecule has 0 saturated carbocycles. The average molecular weight is 251 g/mol. The summed E-state index contributed by atoms with van der Waals surface area (Å²) in [6, 6.07) is 16.0. The Morgan fingerprint density at radius 1 is 1.05 bits per heavy atom. The second-order valence-electron chi connectivity index (χ2n) is 4.10. The van der Waals surface area contributed by atoms with E-state index < -0.39 is 0 Å². The van der Waals surface area contributed by atoms with Crippen molar-refractivity contribution in [2.75, 3.05) is 7.11 Å². The molecule has 0 saturated heterocycles. The fraction of sp³-hybridized carbons (Fsp3) is 0.0667. The van der Waals surface area contributed by atoms with Gasteiger partial charge in [-0.15, -0.1) is 5.10 Å². The number of aromatic nitrogens is 3. The highest BCUT2D eigenvalue weighted by Gasteiger charge is 2.07. The van der Waals surface area contributed by atoms with E-state index >= 15 is 0 Å². The maximum Gasteiger partial charge on any atom is 0.119 e. The zero-order chi connectivity index (χ0) is 13.1. The fourth-order valence-electron chi connectivity index (χ4n) is 2.04. The Balaban J connectivity index is 2.15. The first kappa shape index (κ1) is 11.5. The lowest BCUT2D eigenvalue weighted by Crippen LogP contribution is -1.98. The highest BCUT2D eigenvalue weighted by molar-refractivity contribution is 5.73. The first-order chi connectivity index (χ1) is 9.38. The molecule has 19 heavy (non-hydrogen) atoms. The highest BCUT2D eigenvalue weighted by atomic mass is 16.5. The normalized spacial score (nSPS) is 10.4. The summed E-state index contributed by atoms with van der Waals surface area (Å²) < 4.78 is 7.03. The predicted octanol–water partition coefficient (Wildman–Crippen LogP) is 2.94. The molecule has 0 amide bonds. The van der Waals surface area contributed by atoms with Crippen LogP contribution in [-0.2, 0) is 0 Å². The molecule has 0 N–H and O–H groups in total. The van der Waals surface area contributed by atoms with Gasteiger partial charge in [0.15, 0.2) is 0 Å². The van der Waals surface area contributed by atoms with Gasteiger partial charge in [0.2, 0.25) is 0 Å². The van der Waals surface area contributed by atoms with E-state index in [4.69, 9.17) is 4.74 Å². The van der Waals surface area contributed by atoms with Crippen LogP contribution in [0.15, 0.2) is 60.9 Å². The van der Waals surface area contributed by atoms with Gasteiger partial charge in [-0.2, -0.15) is 0 Å². The minimum absolute atomic E-state index is 0.839. The Hall–Kier alpha value is -2.62. The highest BCUT2D eigenvalue weighted by Crippen LogP contribution is 2.28. The summed E-state index contributed by atoms with van der Waals surface area (Å²) in [7, 11) is 1.67. The van der Waals surface area contributed by atoms with Crippen LogP contribution in [0.2, 0.25) is 0 Å². The van der Waals surface area contributed by atoms with Gasteiger partial charge >= 0.3 is 0 Å². The molecule has 94 valence electrons. The van der Waals surface area contributed by atoms with Crippen molar-refractivity contribution in [3.05, 3.63) is 60.9 Å². The van der Waals surface area contributed by atoms with Gasteiger partial charge in [0.1, 0.15) is 5.75 Å². The SMILES string of the molecule is COc1cccc(-c2ccccc2-n2ccnn2)c1. The van der Waals surface area contributed by atoms with Crippen molar-refractivity contribution in [1.82, 2.24) is 15.0 Å². The number of rotatable bonds is 3. The smallest absolute Gasteiger partial charge is 0.119 e. The van der Waals surface area contributed by atoms with Crippen LogP contribution in [0.4, 0.5) is 0 Å². The second-order valence-corrected chi connectivity index (χ2v) is 4.10. The molecule has 0 aliphatic heterocycles. The lowest BCUT2D eigenvalue weighted by Gasteiger charge is -2.10. The van der Waals surface area contributed by atoms with E-state index in [-0.39, 0.29) is 0 Å². The maximum absolute atomic E-state index is 5.27. The summed E-state index contributed by atoms with van der Waals surface area (Å²) in [5.41, 5.74) is 3.17. The maximum atomic E-state index is 5.27. The quantitative estimate of drug-likeness (QED) is 0.718. The second kappa shape index (κ2) is 4.94. The Morgan fingerprint density at radius 3 is 2.74 bits per heavy atom. The lowest BCUT2D eigenvalue weighted by molar-refractivity contribution is 0.415. The largest absolute Gasteiger partial charge is 0.497 e. The van der Waals surface area contributed by atoms with Gasteiger partial charge in [0, 0.05) is 5.56 Å². The number of ether oxygens (including phenoxy) is 1. The molecule has 2 aromatic carbocycles. The molecular formula is C15H13N3O. The van der Waals surface area contributed by atoms with E-state index in [2.05, 4.69) is 22.4 Å². The van der Waals surface area contributed by atoms with Gasteiger partial charge in [-0.05, 0) is 23.8 Å². The van der Waals surface area contributed by atoms with Crippen molar-refractivity contribution in [1.29, 1.82) is 0 Å². The van der Waals surface area contributed by atoms with E-state index in [1.54, 1.807) is 18.0 Å². The van der Waals surface area contributed by atoms with Crippen LogP contribution in [-0.4, -0.2) is 22.1 Å². The average Bonchev–Trinajstić information content (AvgIpc) is 3.01. The fourth-order valence-corrected chi connectivity index (χ4v) is 2.04. The van der Waals surface area contributed by atoms with Crippen molar-refractivity contribution in [2.24, 2.45) is 0 Å². The van der Waals surface area contributed by atoms with Crippen molar-refractivity contribution in [3.63, 3.8) is 0 Å². The van der Waals surface area contributed by atoms with Crippen molar-refractivity contribution in [3.8, 4) is 22.6 Å². The molecular weight excluding hydrogens is 238 g/mol. The first-order valence-corrected chi connectivity index (χ1v) is 5.98. The number of nitrogens with zero attached hydrogens (tertiary/aromatic N) is 3. The Labute approximate surface area is 111 Å². The molecule has 3 aromatic rings. The molecule has 1 aromatic heterocycles. The molecule has 0 fully saturated rings. The summed E-state index contributed by atoms with van der Waals surface area (Å²) >= 11 is 0. The van der Waals surface area contributed by atoms with Crippen molar-refractivity contribution < 1.29 is 4.74 Å². The third kappa shape index (κ3) is 2.20. The standard InChI is InChI=1S/C15H13N3O/c1-19-13-6-4-5-12(11-13)14-7-2-3-8-15(14)18-10-9-16-17-18/h2-11H,1H3. The number of hydrogen-bond acceptors (Lipinski definition) is 3. The molecule has 0 spiro atoms. The third-order valence-corrected chi connectivity index (χ3v) is 2.95. The lowest BCUT2D eigenvalue weighted by atomic mass is 10.0. The summed E-state index contributed by atoms with van der Waals surface area (Å²) in [6.07, 6.45) is 3.50. The van der Waals surface area contributed by atoms with Crippen LogP contribution in [0, 0.1) is 0 Å². The van der Waals surface area contributed by atoms with Crippen LogP contribution in [0.3, 0.4) is 0 Å². The van der Waals surface area contributed by atoms with E-state index in [9.17, 15) is 0 Å². The molecule has 0 aliphatic rings. The van der Waals surface area contributed by atoms with Gasteiger partial charge in [-0.1, -0.05) is 35.5 Å². The number of hydrogen-bond donors (Lipinski definition) is 0. The molecule has 4 nitrogen and oxygen atoms in total. The van der Waals surface area contributed by atoms with E-state index in [1.807, 2.05) is 42.6 Å². The predicted molar refractivity (Wildman–Crippen MR) is 73.3 cm³/mol. The van der Waals surface area contributed by atoms with Crippen molar-refractivity contribution in [2.45, 2.75) is 0 Å². The molecule has 3 rings (SSSR count). The molecule has 0 aliphatic carbocycles. The summed E-state index contributed by atoms with van der Waals surface area (Å²) in [6.45, 7) is 0. The molecule has 4 heteroatoms. The van der Waals surface area contributed by atoms with Crippen LogP contribution in [0.5, 0.6) is 5.75 Å². The van der Waals surface area contributed by atoms with Gasteiger partial charge in [0.25, 0.3) is 0 Å². The summed E-state index contributed by atoms with van der Waals surface area (Å²) in [5.74, 6) is 0.839. The molecule has 1 heterocycles. The first-order valence-electron chi connectivity index (χ1n) is 5.98. The van der Waals surface area contributed by atoms with Crippen molar-refractivity contribution >= 4 is 0 Å². The molecule has 0 bridgehead atoms. The minimum atomic E-state index is 0.839. The summed E-state index contributed by atoms with van der Waals surface area (Å²) in [4.78, 5) is 0. The number of benzene rings is 2. The molecule has 0 radical (unpaired) electrons.